The molecule has 0 aliphatic carbocycles. The van der Waals surface area contributed by atoms with Gasteiger partial charge in [0.05, 0.1) is 30.1 Å². The molecule has 1 amide bonds. The molecule has 0 spiro atoms. The van der Waals surface area contributed by atoms with Crippen molar-refractivity contribution in [2.45, 2.75) is 37.8 Å². The third kappa shape index (κ3) is 6.97. The number of benzene rings is 3. The number of nitrogens with zero attached hydrogens (tertiary/aromatic N) is 4. The Morgan fingerprint density at radius 2 is 1.77 bits per heavy atom. The van der Waals surface area contributed by atoms with Crippen LogP contribution in [0.4, 0.5) is 10.3 Å². The van der Waals surface area contributed by atoms with E-state index in [9.17, 15) is 9.18 Å². The zero-order chi connectivity index (χ0) is 29.6. The van der Waals surface area contributed by atoms with Crippen molar-refractivity contribution >= 4 is 22.9 Å². The van der Waals surface area contributed by atoms with E-state index in [1.165, 1.54) is 12.1 Å². The number of aromatic nitrogens is 2. The highest BCUT2D eigenvalue weighted by Crippen LogP contribution is 2.26. The monoisotopic (exact) mass is 579 g/mol. The van der Waals surface area contributed by atoms with Gasteiger partial charge in [-0.3, -0.25) is 4.79 Å². The van der Waals surface area contributed by atoms with E-state index in [1.807, 2.05) is 67.7 Å². The summed E-state index contributed by atoms with van der Waals surface area (Å²) in [4.78, 5) is 22.3. The number of carbonyl (C=O) groups is 1. The largest absolute Gasteiger partial charge is 0.472 e. The standard InChI is InChI=1S/C35H38FN5O2/c1-39(34(42)28-7-3-2-4-8-28)24-29(27-11-13-30(36)14-12-27)15-19-40-20-16-31(17-21-40)37-35-38-32-9-5-6-10-33(32)41(35)23-26-18-22-43-25-26/h2-14,18,22,25,29,31H,15-17,19-21,23-24H2,1H3,(H,37,38). The fraction of sp³-hybridized carbons (Fsp3) is 0.314. The van der Waals surface area contributed by atoms with Gasteiger partial charge in [0.2, 0.25) is 5.95 Å². The highest BCUT2D eigenvalue weighted by Gasteiger charge is 2.24. The van der Waals surface area contributed by atoms with E-state index < -0.39 is 0 Å². The van der Waals surface area contributed by atoms with Crippen LogP contribution in [0.1, 0.15) is 46.7 Å². The van der Waals surface area contributed by atoms with Gasteiger partial charge < -0.3 is 24.1 Å². The van der Waals surface area contributed by atoms with Crippen molar-refractivity contribution in [1.29, 1.82) is 0 Å². The molecule has 3 aromatic carbocycles. The lowest BCUT2D eigenvalue weighted by atomic mass is 9.94. The van der Waals surface area contributed by atoms with Crippen molar-refractivity contribution in [3.05, 3.63) is 120 Å². The average molecular weight is 580 g/mol. The molecule has 1 unspecified atom stereocenters. The smallest absolute Gasteiger partial charge is 0.253 e. The molecule has 6 rings (SSSR count). The van der Waals surface area contributed by atoms with Gasteiger partial charge in [0.15, 0.2) is 0 Å². The Labute approximate surface area is 251 Å². The molecule has 0 bridgehead atoms. The van der Waals surface area contributed by atoms with Crippen LogP contribution in [0.3, 0.4) is 0 Å². The van der Waals surface area contributed by atoms with E-state index in [0.717, 1.165) is 67.0 Å². The lowest BCUT2D eigenvalue weighted by Crippen LogP contribution is -2.40. The Bertz CT molecular complexity index is 1610. The molecule has 222 valence electrons. The van der Waals surface area contributed by atoms with E-state index >= 15 is 0 Å². The Kier molecular flexibility index (Phi) is 8.84. The lowest BCUT2D eigenvalue weighted by Gasteiger charge is -2.34. The SMILES string of the molecule is CN(CC(CCN1CCC(Nc2nc3ccccc3n2Cc2ccoc2)CC1)c1ccc(F)cc1)C(=O)c1ccccc1. The zero-order valence-electron chi connectivity index (χ0n) is 24.5. The molecule has 2 aromatic heterocycles. The second-order valence-electron chi connectivity index (χ2n) is 11.5. The molecule has 1 aliphatic rings. The van der Waals surface area contributed by atoms with E-state index in [2.05, 4.69) is 26.9 Å². The van der Waals surface area contributed by atoms with Crippen LogP contribution in [0.25, 0.3) is 11.0 Å². The second-order valence-corrected chi connectivity index (χ2v) is 11.5. The quantitative estimate of drug-likeness (QED) is 0.190. The van der Waals surface area contributed by atoms with E-state index in [0.29, 0.717) is 24.7 Å². The first kappa shape index (κ1) is 28.7. The summed E-state index contributed by atoms with van der Waals surface area (Å²) in [6, 6.07) is 26.6. The van der Waals surface area contributed by atoms with Crippen LogP contribution in [0.2, 0.25) is 0 Å². The van der Waals surface area contributed by atoms with Crippen LogP contribution in [0.15, 0.2) is 102 Å². The number of rotatable bonds is 11. The van der Waals surface area contributed by atoms with Gasteiger partial charge >= 0.3 is 0 Å². The number of nitrogens with one attached hydrogen (secondary N) is 1. The molecule has 1 N–H and O–H groups in total. The summed E-state index contributed by atoms with van der Waals surface area (Å²) >= 11 is 0. The van der Waals surface area contributed by atoms with Crippen LogP contribution >= 0.6 is 0 Å². The van der Waals surface area contributed by atoms with Crippen molar-refractivity contribution in [2.24, 2.45) is 0 Å². The van der Waals surface area contributed by atoms with Gasteiger partial charge in [-0.1, -0.05) is 42.5 Å². The Balaban J connectivity index is 1.07. The van der Waals surface area contributed by atoms with Crippen LogP contribution in [0.5, 0.6) is 0 Å². The first-order valence-corrected chi connectivity index (χ1v) is 15.0. The number of carbonyl (C=O) groups excluding carboxylic acids is 1. The molecule has 43 heavy (non-hydrogen) atoms. The summed E-state index contributed by atoms with van der Waals surface area (Å²) in [7, 11) is 1.85. The predicted octanol–water partition coefficient (Wildman–Crippen LogP) is 6.64. The number of hydrogen-bond acceptors (Lipinski definition) is 5. The molecule has 1 aliphatic heterocycles. The molecular formula is C35H38FN5O2. The molecule has 7 nitrogen and oxygen atoms in total. The number of hydrogen-bond donors (Lipinski definition) is 1. The van der Waals surface area contributed by atoms with E-state index in [-0.39, 0.29) is 17.6 Å². The van der Waals surface area contributed by atoms with Crippen molar-refractivity contribution in [1.82, 2.24) is 19.4 Å². The van der Waals surface area contributed by atoms with Crippen molar-refractivity contribution in [2.75, 3.05) is 38.5 Å². The minimum atomic E-state index is -0.246. The molecule has 3 heterocycles. The van der Waals surface area contributed by atoms with Crippen LogP contribution in [-0.4, -0.2) is 64.5 Å². The van der Waals surface area contributed by atoms with Gasteiger partial charge in [-0.05, 0) is 73.8 Å². The zero-order valence-corrected chi connectivity index (χ0v) is 24.5. The van der Waals surface area contributed by atoms with Gasteiger partial charge in [-0.15, -0.1) is 0 Å². The van der Waals surface area contributed by atoms with Crippen LogP contribution < -0.4 is 5.32 Å². The highest BCUT2D eigenvalue weighted by molar-refractivity contribution is 5.94. The molecule has 0 saturated carbocycles. The molecule has 5 aromatic rings. The van der Waals surface area contributed by atoms with Gasteiger partial charge in [-0.25, -0.2) is 9.37 Å². The highest BCUT2D eigenvalue weighted by atomic mass is 19.1. The maximum absolute atomic E-state index is 13.7. The van der Waals surface area contributed by atoms with Crippen molar-refractivity contribution in [3.63, 3.8) is 0 Å². The Morgan fingerprint density at radius 1 is 1.02 bits per heavy atom. The lowest BCUT2D eigenvalue weighted by molar-refractivity contribution is 0.0782. The molecule has 1 atom stereocenters. The van der Waals surface area contributed by atoms with Crippen molar-refractivity contribution < 1.29 is 13.6 Å². The minimum absolute atomic E-state index is 0.00149. The Morgan fingerprint density at radius 3 is 2.51 bits per heavy atom. The summed E-state index contributed by atoms with van der Waals surface area (Å²) in [6.45, 7) is 4.15. The number of likely N-dealkylation sites (N-methyl/N-ethyl adjacent to an activating group) is 1. The molecule has 0 radical (unpaired) electrons. The first-order valence-electron chi connectivity index (χ1n) is 15.0. The number of piperidine rings is 1. The summed E-state index contributed by atoms with van der Waals surface area (Å²) < 4.78 is 21.3. The summed E-state index contributed by atoms with van der Waals surface area (Å²) in [5.41, 5.74) is 4.92. The maximum atomic E-state index is 13.7. The number of amides is 1. The van der Waals surface area contributed by atoms with Gasteiger partial charge in [0.25, 0.3) is 5.91 Å². The molecular weight excluding hydrogens is 541 g/mol. The summed E-state index contributed by atoms with van der Waals surface area (Å²) in [5, 5.41) is 3.74. The normalized spacial score (nSPS) is 15.0. The first-order chi connectivity index (χ1) is 21.0. The fourth-order valence-corrected chi connectivity index (χ4v) is 6.05. The number of para-hydroxylation sites is 2. The van der Waals surface area contributed by atoms with Gasteiger partial charge in [-0.2, -0.15) is 0 Å². The second kappa shape index (κ2) is 13.3. The molecule has 1 fully saturated rings. The van der Waals surface area contributed by atoms with Crippen LogP contribution in [-0.2, 0) is 6.54 Å². The number of imidazole rings is 1. The van der Waals surface area contributed by atoms with Crippen LogP contribution in [0, 0.1) is 5.82 Å². The summed E-state index contributed by atoms with van der Waals surface area (Å²) in [5.74, 6) is 0.753. The number of fused-ring (bicyclic) bond motifs is 1. The number of furan rings is 1. The van der Waals surface area contributed by atoms with Crippen molar-refractivity contribution in [3.8, 4) is 0 Å². The number of halogens is 1. The van der Waals surface area contributed by atoms with Gasteiger partial charge in [0, 0.05) is 49.8 Å². The van der Waals surface area contributed by atoms with Gasteiger partial charge in [0.1, 0.15) is 5.82 Å². The molecule has 8 heteroatoms. The number of likely N-dealkylation sites (tertiary alicyclic amines) is 1. The average Bonchev–Trinajstić information content (AvgIpc) is 3.68. The van der Waals surface area contributed by atoms with E-state index in [1.54, 1.807) is 17.4 Å². The predicted molar refractivity (Wildman–Crippen MR) is 168 cm³/mol. The minimum Gasteiger partial charge on any atom is -0.472 e. The van der Waals surface area contributed by atoms with E-state index in [4.69, 9.17) is 9.40 Å². The third-order valence-electron chi connectivity index (χ3n) is 8.49. The third-order valence-corrected chi connectivity index (χ3v) is 8.49. The maximum Gasteiger partial charge on any atom is 0.253 e. The molecule has 1 saturated heterocycles. The fourth-order valence-electron chi connectivity index (χ4n) is 6.05. The Hall–Kier alpha value is -4.43. The number of anilines is 1. The summed E-state index contributed by atoms with van der Waals surface area (Å²) in [6.07, 6.45) is 6.41. The topological polar surface area (TPSA) is 66.5 Å².